The molecule has 0 radical (unpaired) electrons. The Hall–Kier alpha value is -2.29. The largest absolute Gasteiger partial charge is 0.462 e. The predicted molar refractivity (Wildman–Crippen MR) is 115 cm³/mol. The molecule has 0 spiro atoms. The number of ether oxygens (including phenoxy) is 1. The fourth-order valence-corrected chi connectivity index (χ4v) is 5.60. The van der Waals surface area contributed by atoms with Gasteiger partial charge in [-0.2, -0.15) is 0 Å². The lowest BCUT2D eigenvalue weighted by Crippen LogP contribution is -2.25. The van der Waals surface area contributed by atoms with Crippen molar-refractivity contribution in [1.82, 2.24) is 4.98 Å². The first-order chi connectivity index (χ1) is 14.1. The van der Waals surface area contributed by atoms with E-state index in [1.807, 2.05) is 37.3 Å². The van der Waals surface area contributed by atoms with Crippen LogP contribution in [0.1, 0.15) is 33.8 Å². The molecule has 3 aromatic rings. The Labute approximate surface area is 175 Å². The van der Waals surface area contributed by atoms with E-state index >= 15 is 0 Å². The second-order valence-electron chi connectivity index (χ2n) is 6.89. The molecular weight excluding hydrogens is 408 g/mol. The lowest BCUT2D eigenvalue weighted by Gasteiger charge is -2.21. The minimum atomic E-state index is -0.946. The third-order valence-corrected chi connectivity index (χ3v) is 7.60. The average Bonchev–Trinajstić information content (AvgIpc) is 3.38. The Morgan fingerprint density at radius 2 is 2.10 bits per heavy atom. The van der Waals surface area contributed by atoms with E-state index in [1.54, 1.807) is 12.3 Å². The van der Waals surface area contributed by atoms with Crippen molar-refractivity contribution in [1.29, 1.82) is 0 Å². The van der Waals surface area contributed by atoms with Crippen LogP contribution in [0.3, 0.4) is 0 Å². The van der Waals surface area contributed by atoms with Crippen LogP contribution in [0.5, 0.6) is 0 Å². The molecule has 8 heteroatoms. The molecule has 1 saturated heterocycles. The summed E-state index contributed by atoms with van der Waals surface area (Å²) in [7, 11) is -0.946. The van der Waals surface area contributed by atoms with Gasteiger partial charge in [0.05, 0.1) is 6.26 Å². The van der Waals surface area contributed by atoms with Crippen LogP contribution in [-0.2, 0) is 21.3 Å². The van der Waals surface area contributed by atoms with Crippen molar-refractivity contribution in [2.45, 2.75) is 30.8 Å². The van der Waals surface area contributed by atoms with E-state index in [2.05, 4.69) is 10.3 Å². The lowest BCUT2D eigenvalue weighted by atomic mass is 10.2. The normalized spacial score (nSPS) is 15.9. The van der Waals surface area contributed by atoms with Crippen molar-refractivity contribution in [2.75, 3.05) is 18.5 Å². The zero-order valence-corrected chi connectivity index (χ0v) is 17.7. The molecule has 1 atom stereocenters. The Morgan fingerprint density at radius 3 is 2.86 bits per heavy atom. The summed E-state index contributed by atoms with van der Waals surface area (Å²) >= 11 is 1.42. The molecule has 1 fully saturated rings. The number of anilines is 1. The minimum absolute atomic E-state index is 0.180. The Bertz CT molecular complexity index is 1010. The fourth-order valence-electron chi connectivity index (χ4n) is 3.26. The maximum atomic E-state index is 12.7. The zero-order chi connectivity index (χ0) is 20.2. The molecule has 0 bridgehead atoms. The second-order valence-corrected chi connectivity index (χ2v) is 9.81. The van der Waals surface area contributed by atoms with Gasteiger partial charge in [0.2, 0.25) is 0 Å². The number of hydrogen-bond acceptors (Lipinski definition) is 6. The Morgan fingerprint density at radius 1 is 1.28 bits per heavy atom. The van der Waals surface area contributed by atoms with Gasteiger partial charge in [-0.1, -0.05) is 12.1 Å². The maximum absolute atomic E-state index is 12.7. The molecule has 1 unspecified atom stereocenters. The van der Waals surface area contributed by atoms with Crippen molar-refractivity contribution >= 4 is 33.7 Å². The first-order valence-corrected chi connectivity index (χ1v) is 11.7. The standard InChI is InChI=1S/C21H22N2O4S2/c1-14-19(23-21(28-14)18-6-3-9-27-18)20(24)22-16-5-2-4-15(12-16)13-29(25)17-7-10-26-11-8-17/h2-6,9,12,17H,7-8,10-11,13H2,1H3,(H,22,24). The number of amides is 1. The third kappa shape index (κ3) is 4.83. The first kappa shape index (κ1) is 20.0. The van der Waals surface area contributed by atoms with Crippen LogP contribution in [0.2, 0.25) is 0 Å². The number of nitrogens with zero attached hydrogens (tertiary/aromatic N) is 1. The molecular formula is C21H22N2O4S2. The van der Waals surface area contributed by atoms with E-state index < -0.39 is 10.8 Å². The van der Waals surface area contributed by atoms with Crippen LogP contribution >= 0.6 is 11.3 Å². The molecule has 0 saturated carbocycles. The highest BCUT2D eigenvalue weighted by Gasteiger charge is 2.21. The molecule has 152 valence electrons. The van der Waals surface area contributed by atoms with E-state index in [1.165, 1.54) is 11.3 Å². The summed E-state index contributed by atoms with van der Waals surface area (Å²) in [5.41, 5.74) is 2.00. The third-order valence-electron chi connectivity index (χ3n) is 4.78. The summed E-state index contributed by atoms with van der Waals surface area (Å²) in [5, 5.41) is 3.77. The van der Waals surface area contributed by atoms with E-state index in [4.69, 9.17) is 9.15 Å². The molecule has 0 aliphatic carbocycles. The number of nitrogens with one attached hydrogen (secondary N) is 1. The molecule has 1 aliphatic rings. The highest BCUT2D eigenvalue weighted by molar-refractivity contribution is 7.84. The van der Waals surface area contributed by atoms with E-state index in [0.717, 1.165) is 23.3 Å². The fraction of sp³-hybridized carbons (Fsp3) is 0.333. The van der Waals surface area contributed by atoms with E-state index in [0.29, 0.717) is 41.1 Å². The average molecular weight is 431 g/mol. The Kier molecular flexibility index (Phi) is 6.22. The van der Waals surface area contributed by atoms with Gasteiger partial charge >= 0.3 is 0 Å². The van der Waals surface area contributed by atoms with Crippen molar-refractivity contribution < 1.29 is 18.2 Å². The summed E-state index contributed by atoms with van der Waals surface area (Å²) in [6, 6.07) is 11.1. The smallest absolute Gasteiger partial charge is 0.275 e. The molecule has 1 amide bonds. The zero-order valence-electron chi connectivity index (χ0n) is 16.1. The van der Waals surface area contributed by atoms with Gasteiger partial charge < -0.3 is 14.5 Å². The minimum Gasteiger partial charge on any atom is -0.462 e. The SMILES string of the molecule is Cc1sc(-c2ccco2)nc1C(=O)Nc1cccc(CS(=O)C2CCOCC2)c1. The molecule has 29 heavy (non-hydrogen) atoms. The topological polar surface area (TPSA) is 81.4 Å². The number of aromatic nitrogens is 1. The lowest BCUT2D eigenvalue weighted by molar-refractivity contribution is 0.0991. The number of furan rings is 1. The van der Waals surface area contributed by atoms with Crippen molar-refractivity contribution in [3.63, 3.8) is 0 Å². The summed E-state index contributed by atoms with van der Waals surface area (Å²) in [5.74, 6) is 0.862. The molecule has 3 heterocycles. The van der Waals surface area contributed by atoms with Crippen LogP contribution in [0, 0.1) is 6.92 Å². The number of hydrogen-bond donors (Lipinski definition) is 1. The molecule has 1 aliphatic heterocycles. The van der Waals surface area contributed by atoms with Crippen LogP contribution in [0.25, 0.3) is 10.8 Å². The molecule has 4 rings (SSSR count). The van der Waals surface area contributed by atoms with Gasteiger partial charge in [-0.25, -0.2) is 4.98 Å². The van der Waals surface area contributed by atoms with Gasteiger partial charge in [0.25, 0.3) is 5.91 Å². The number of rotatable bonds is 6. The van der Waals surface area contributed by atoms with Gasteiger partial charge in [0, 0.05) is 45.6 Å². The predicted octanol–water partition coefficient (Wildman–Crippen LogP) is 4.39. The molecule has 2 aromatic heterocycles. The summed E-state index contributed by atoms with van der Waals surface area (Å²) in [4.78, 5) is 18.0. The van der Waals surface area contributed by atoms with Crippen molar-refractivity contribution in [3.8, 4) is 10.8 Å². The number of aryl methyl sites for hydroxylation is 1. The monoisotopic (exact) mass is 430 g/mol. The van der Waals surface area contributed by atoms with E-state index in [9.17, 15) is 9.00 Å². The molecule has 6 nitrogen and oxygen atoms in total. The van der Waals surface area contributed by atoms with Gasteiger partial charge in [-0.15, -0.1) is 11.3 Å². The molecule has 1 aromatic carbocycles. The van der Waals surface area contributed by atoms with Crippen molar-refractivity contribution in [3.05, 3.63) is 58.8 Å². The highest BCUT2D eigenvalue weighted by Crippen LogP contribution is 2.28. The molecule has 1 N–H and O–H groups in total. The number of thiazole rings is 1. The van der Waals surface area contributed by atoms with Crippen molar-refractivity contribution in [2.24, 2.45) is 0 Å². The second kappa shape index (κ2) is 9.02. The van der Waals surface area contributed by atoms with E-state index in [-0.39, 0.29) is 11.2 Å². The summed E-state index contributed by atoms with van der Waals surface area (Å²) in [6.45, 7) is 3.23. The summed E-state index contributed by atoms with van der Waals surface area (Å²) < 4.78 is 23.3. The highest BCUT2D eigenvalue weighted by atomic mass is 32.2. The number of carbonyl (C=O) groups is 1. The van der Waals surface area contributed by atoms with Gasteiger partial charge in [-0.05, 0) is 49.6 Å². The van der Waals surface area contributed by atoms with Crippen LogP contribution in [0.15, 0.2) is 47.1 Å². The van der Waals surface area contributed by atoms with Gasteiger partial charge in [0.1, 0.15) is 5.69 Å². The van der Waals surface area contributed by atoms with Crippen LogP contribution in [0.4, 0.5) is 5.69 Å². The van der Waals surface area contributed by atoms with Crippen LogP contribution < -0.4 is 5.32 Å². The summed E-state index contributed by atoms with van der Waals surface area (Å²) in [6.07, 6.45) is 3.26. The van der Waals surface area contributed by atoms with Crippen LogP contribution in [-0.4, -0.2) is 33.6 Å². The van der Waals surface area contributed by atoms with Gasteiger partial charge in [0.15, 0.2) is 10.8 Å². The quantitative estimate of drug-likeness (QED) is 0.627. The number of benzene rings is 1. The Balaban J connectivity index is 1.44. The maximum Gasteiger partial charge on any atom is 0.275 e. The number of carbonyl (C=O) groups excluding carboxylic acids is 1. The van der Waals surface area contributed by atoms with Gasteiger partial charge in [-0.3, -0.25) is 9.00 Å². The first-order valence-electron chi connectivity index (χ1n) is 9.46.